The molecule has 0 radical (unpaired) electrons. The standard InChI is InChI=1S/C19H17NOS/c1-14-11-19(22)12-18(21-14)13-20-17-9-7-16(8-10-17)15-5-3-2-4-6-15/h2-12,20H,13H2,1H3. The fraction of sp³-hybridized carbons (Fsp3) is 0.105. The highest BCUT2D eigenvalue weighted by Crippen LogP contribution is 2.21. The van der Waals surface area contributed by atoms with Gasteiger partial charge < -0.3 is 9.73 Å². The van der Waals surface area contributed by atoms with Crippen LogP contribution in [0.4, 0.5) is 5.69 Å². The van der Waals surface area contributed by atoms with Crippen molar-refractivity contribution >= 4 is 17.9 Å². The quantitative estimate of drug-likeness (QED) is 0.635. The molecule has 3 aromatic rings. The molecule has 0 atom stereocenters. The summed E-state index contributed by atoms with van der Waals surface area (Å²) in [5.41, 5.74) is 3.49. The van der Waals surface area contributed by atoms with Gasteiger partial charge in [0.25, 0.3) is 0 Å². The first-order valence-corrected chi connectivity index (χ1v) is 7.61. The number of hydrogen-bond donors (Lipinski definition) is 1. The third kappa shape index (κ3) is 3.62. The molecule has 1 heterocycles. The van der Waals surface area contributed by atoms with Crippen LogP contribution in [-0.2, 0) is 6.54 Å². The SMILES string of the molecule is Cc1cc(=S)cc(CNc2ccc(-c3ccccc3)cc2)o1. The summed E-state index contributed by atoms with van der Waals surface area (Å²) in [6.45, 7) is 2.53. The maximum atomic E-state index is 5.64. The fourth-order valence-electron chi connectivity index (χ4n) is 2.35. The van der Waals surface area contributed by atoms with Gasteiger partial charge >= 0.3 is 0 Å². The zero-order valence-corrected chi connectivity index (χ0v) is 13.2. The van der Waals surface area contributed by atoms with Crippen LogP contribution < -0.4 is 5.32 Å². The second kappa shape index (κ2) is 6.58. The monoisotopic (exact) mass is 307 g/mol. The summed E-state index contributed by atoms with van der Waals surface area (Å²) >= 11 is 5.20. The van der Waals surface area contributed by atoms with E-state index in [4.69, 9.17) is 16.6 Å². The summed E-state index contributed by atoms with van der Waals surface area (Å²) in [6.07, 6.45) is 0. The van der Waals surface area contributed by atoms with Crippen LogP contribution in [0.15, 0.2) is 71.1 Å². The largest absolute Gasteiger partial charge is 0.464 e. The van der Waals surface area contributed by atoms with Crippen LogP contribution in [0.1, 0.15) is 11.5 Å². The van der Waals surface area contributed by atoms with Crippen molar-refractivity contribution in [2.24, 2.45) is 0 Å². The third-order valence-corrected chi connectivity index (χ3v) is 3.64. The second-order valence-electron chi connectivity index (χ2n) is 5.17. The minimum Gasteiger partial charge on any atom is -0.464 e. The molecule has 0 saturated heterocycles. The minimum atomic E-state index is 0.621. The van der Waals surface area contributed by atoms with Gasteiger partial charge in [-0.05, 0) is 42.3 Å². The number of aryl methyl sites for hydroxylation is 1. The molecule has 0 spiro atoms. The maximum absolute atomic E-state index is 5.64. The Balaban J connectivity index is 1.70. The molecule has 3 rings (SSSR count). The van der Waals surface area contributed by atoms with Gasteiger partial charge in [0.1, 0.15) is 11.5 Å². The van der Waals surface area contributed by atoms with Crippen molar-refractivity contribution in [2.75, 3.05) is 5.32 Å². The molecular formula is C19H17NOS. The van der Waals surface area contributed by atoms with Gasteiger partial charge in [0.2, 0.25) is 0 Å². The minimum absolute atomic E-state index is 0.621. The zero-order valence-electron chi connectivity index (χ0n) is 12.4. The van der Waals surface area contributed by atoms with E-state index in [1.807, 2.05) is 37.3 Å². The Kier molecular flexibility index (Phi) is 4.35. The summed E-state index contributed by atoms with van der Waals surface area (Å²) < 4.78 is 6.45. The summed E-state index contributed by atoms with van der Waals surface area (Å²) in [5, 5.41) is 3.35. The van der Waals surface area contributed by atoms with Crippen LogP contribution in [0, 0.1) is 11.4 Å². The molecule has 0 aliphatic carbocycles. The van der Waals surface area contributed by atoms with E-state index >= 15 is 0 Å². The van der Waals surface area contributed by atoms with E-state index in [2.05, 4.69) is 41.7 Å². The molecular weight excluding hydrogens is 290 g/mol. The summed E-state index contributed by atoms with van der Waals surface area (Å²) in [7, 11) is 0. The van der Waals surface area contributed by atoms with Gasteiger partial charge in [0.05, 0.1) is 6.54 Å². The molecule has 1 N–H and O–H groups in total. The van der Waals surface area contributed by atoms with Gasteiger partial charge in [-0.15, -0.1) is 0 Å². The van der Waals surface area contributed by atoms with E-state index < -0.39 is 0 Å². The Hall–Kier alpha value is -2.39. The van der Waals surface area contributed by atoms with Gasteiger partial charge in [-0.1, -0.05) is 54.7 Å². The smallest absolute Gasteiger partial charge is 0.124 e. The van der Waals surface area contributed by atoms with Gasteiger partial charge in [-0.3, -0.25) is 0 Å². The highest BCUT2D eigenvalue weighted by molar-refractivity contribution is 7.71. The Labute approximate surface area is 135 Å². The fourth-order valence-corrected chi connectivity index (χ4v) is 2.65. The molecule has 1 aromatic heterocycles. The third-order valence-electron chi connectivity index (χ3n) is 3.40. The molecule has 2 nitrogen and oxygen atoms in total. The molecule has 0 aliphatic rings. The Bertz CT molecular complexity index is 807. The van der Waals surface area contributed by atoms with E-state index in [0.717, 1.165) is 21.7 Å². The van der Waals surface area contributed by atoms with Crippen molar-refractivity contribution in [1.29, 1.82) is 0 Å². The molecule has 0 saturated carbocycles. The van der Waals surface area contributed by atoms with Crippen molar-refractivity contribution in [1.82, 2.24) is 0 Å². The Morgan fingerprint density at radius 3 is 2.27 bits per heavy atom. The van der Waals surface area contributed by atoms with Crippen molar-refractivity contribution in [2.45, 2.75) is 13.5 Å². The first-order chi connectivity index (χ1) is 10.7. The molecule has 0 fully saturated rings. The number of hydrogen-bond acceptors (Lipinski definition) is 3. The molecule has 2 aromatic carbocycles. The summed E-state index contributed by atoms with van der Waals surface area (Å²) in [6, 6.07) is 22.5. The van der Waals surface area contributed by atoms with E-state index in [1.165, 1.54) is 11.1 Å². The van der Waals surface area contributed by atoms with Crippen LogP contribution in [0.25, 0.3) is 11.1 Å². The highest BCUT2D eigenvalue weighted by atomic mass is 32.1. The number of rotatable bonds is 4. The van der Waals surface area contributed by atoms with Gasteiger partial charge in [0.15, 0.2) is 0 Å². The summed E-state index contributed by atoms with van der Waals surface area (Å²) in [5.74, 6) is 1.68. The average Bonchev–Trinajstić information content (AvgIpc) is 2.53. The van der Waals surface area contributed by atoms with Crippen LogP contribution >= 0.6 is 12.2 Å². The zero-order chi connectivity index (χ0) is 15.4. The van der Waals surface area contributed by atoms with Gasteiger partial charge in [-0.25, -0.2) is 0 Å². The maximum Gasteiger partial charge on any atom is 0.124 e. The number of anilines is 1. The lowest BCUT2D eigenvalue weighted by Gasteiger charge is -2.08. The molecule has 22 heavy (non-hydrogen) atoms. The normalized spacial score (nSPS) is 10.4. The summed E-state index contributed by atoms with van der Waals surface area (Å²) in [4.78, 5) is 0. The first-order valence-electron chi connectivity index (χ1n) is 7.21. The molecule has 0 aliphatic heterocycles. The molecule has 0 amide bonds. The first kappa shape index (κ1) is 14.5. The molecule has 0 unspecified atom stereocenters. The second-order valence-corrected chi connectivity index (χ2v) is 5.64. The van der Waals surface area contributed by atoms with E-state index in [9.17, 15) is 0 Å². The Morgan fingerprint density at radius 1 is 0.909 bits per heavy atom. The molecule has 110 valence electrons. The van der Waals surface area contributed by atoms with Crippen molar-refractivity contribution < 1.29 is 4.42 Å². The van der Waals surface area contributed by atoms with Crippen molar-refractivity contribution in [3.05, 3.63) is 82.8 Å². The predicted octanol–water partition coefficient (Wildman–Crippen LogP) is 5.60. The van der Waals surface area contributed by atoms with Crippen LogP contribution in [0.2, 0.25) is 0 Å². The van der Waals surface area contributed by atoms with Crippen LogP contribution in [-0.4, -0.2) is 0 Å². The number of nitrogens with one attached hydrogen (secondary N) is 1. The van der Waals surface area contributed by atoms with Gasteiger partial charge in [0, 0.05) is 10.2 Å². The average molecular weight is 307 g/mol. The Morgan fingerprint density at radius 2 is 1.59 bits per heavy atom. The number of benzene rings is 2. The van der Waals surface area contributed by atoms with Crippen LogP contribution in [0.3, 0.4) is 0 Å². The van der Waals surface area contributed by atoms with Crippen molar-refractivity contribution in [3.8, 4) is 11.1 Å². The van der Waals surface area contributed by atoms with Crippen molar-refractivity contribution in [3.63, 3.8) is 0 Å². The lowest BCUT2D eigenvalue weighted by atomic mass is 10.1. The predicted molar refractivity (Wildman–Crippen MR) is 93.5 cm³/mol. The topological polar surface area (TPSA) is 25.2 Å². The van der Waals surface area contributed by atoms with Gasteiger partial charge in [-0.2, -0.15) is 0 Å². The molecule has 3 heteroatoms. The van der Waals surface area contributed by atoms with Crippen LogP contribution in [0.5, 0.6) is 0 Å². The lowest BCUT2D eigenvalue weighted by Crippen LogP contribution is -1.99. The molecule has 0 bridgehead atoms. The lowest BCUT2D eigenvalue weighted by molar-refractivity contribution is 0.471. The highest BCUT2D eigenvalue weighted by Gasteiger charge is 2.00. The van der Waals surface area contributed by atoms with E-state index in [-0.39, 0.29) is 0 Å². The van der Waals surface area contributed by atoms with E-state index in [1.54, 1.807) is 0 Å². The van der Waals surface area contributed by atoms with E-state index in [0.29, 0.717) is 6.54 Å².